The van der Waals surface area contributed by atoms with Gasteiger partial charge in [-0.25, -0.2) is 4.79 Å². The second kappa shape index (κ2) is 13.4. The molecule has 2 saturated heterocycles. The first-order chi connectivity index (χ1) is 22.3. The van der Waals surface area contributed by atoms with Gasteiger partial charge in [0.1, 0.15) is 0 Å². The maximum Gasteiger partial charge on any atom is 0.416 e. The number of aryl methyl sites for hydroxylation is 2. The summed E-state index contributed by atoms with van der Waals surface area (Å²) in [6, 6.07) is 12.2. The molecule has 10 heteroatoms. The van der Waals surface area contributed by atoms with Crippen molar-refractivity contribution in [1.29, 1.82) is 0 Å². The minimum absolute atomic E-state index is 0.0338. The topological polar surface area (TPSA) is 61.7 Å². The average molecular weight is 648 g/mol. The van der Waals surface area contributed by atoms with E-state index in [4.69, 9.17) is 5.10 Å². The Kier molecular flexibility index (Phi) is 9.70. The molecule has 2 fully saturated rings. The van der Waals surface area contributed by atoms with Crippen molar-refractivity contribution in [3.05, 3.63) is 114 Å². The molecule has 0 unspecified atom stereocenters. The molecule has 1 aromatic heterocycles. The third-order valence-corrected chi connectivity index (χ3v) is 9.92. The van der Waals surface area contributed by atoms with E-state index < -0.39 is 29.2 Å². The minimum atomic E-state index is -4.50. The van der Waals surface area contributed by atoms with Crippen LogP contribution in [0, 0.1) is 12.3 Å². The molecular weight excluding hydrogens is 603 g/mol. The summed E-state index contributed by atoms with van der Waals surface area (Å²) in [5.74, 6) is 0.0338. The molecule has 3 aromatic rings. The highest BCUT2D eigenvalue weighted by atomic mass is 19.4. The van der Waals surface area contributed by atoms with Gasteiger partial charge in [-0.1, -0.05) is 55.5 Å². The third kappa shape index (κ3) is 6.60. The SMILES string of the molecule is C=CCC1(CC=C)C[C@H]2[C@H](c3cn(Cc4ccccc4)nc3C)N(C(=O)N(C)[C@H](C)c3cc(CC)cc(C(F)(F)F)c3)CCN2C1=O. The zero-order chi connectivity index (χ0) is 34.1. The summed E-state index contributed by atoms with van der Waals surface area (Å²) in [6.07, 6.45) is 2.93. The van der Waals surface area contributed by atoms with E-state index in [2.05, 4.69) is 13.2 Å². The lowest BCUT2D eigenvalue weighted by atomic mass is 9.77. The number of aromatic nitrogens is 2. The Hall–Kier alpha value is -4.34. The van der Waals surface area contributed by atoms with Gasteiger partial charge in [-0.3, -0.25) is 9.48 Å². The molecule has 2 aliphatic rings. The van der Waals surface area contributed by atoms with Gasteiger partial charge in [0.15, 0.2) is 0 Å². The molecule has 0 saturated carbocycles. The minimum Gasteiger partial charge on any atom is -0.335 e. The molecule has 2 aliphatic heterocycles. The van der Waals surface area contributed by atoms with Gasteiger partial charge in [0, 0.05) is 31.9 Å². The Morgan fingerprint density at radius 2 is 1.79 bits per heavy atom. The number of fused-ring (bicyclic) bond motifs is 1. The van der Waals surface area contributed by atoms with Crippen LogP contribution in [0.4, 0.5) is 18.0 Å². The van der Waals surface area contributed by atoms with Crippen molar-refractivity contribution in [2.75, 3.05) is 20.1 Å². The van der Waals surface area contributed by atoms with Gasteiger partial charge in [0.2, 0.25) is 5.91 Å². The van der Waals surface area contributed by atoms with Gasteiger partial charge in [-0.15, -0.1) is 13.2 Å². The lowest BCUT2D eigenvalue weighted by Gasteiger charge is -2.46. The van der Waals surface area contributed by atoms with Crippen molar-refractivity contribution in [3.8, 4) is 0 Å². The predicted octanol–water partition coefficient (Wildman–Crippen LogP) is 7.73. The number of halogens is 3. The third-order valence-electron chi connectivity index (χ3n) is 9.92. The van der Waals surface area contributed by atoms with Crippen LogP contribution in [0.5, 0.6) is 0 Å². The lowest BCUT2D eigenvalue weighted by molar-refractivity contribution is -0.139. The van der Waals surface area contributed by atoms with Gasteiger partial charge in [-0.2, -0.15) is 18.3 Å². The van der Waals surface area contributed by atoms with E-state index in [1.165, 1.54) is 11.0 Å². The average Bonchev–Trinajstić information content (AvgIpc) is 3.54. The summed E-state index contributed by atoms with van der Waals surface area (Å²) < 4.78 is 43.3. The largest absolute Gasteiger partial charge is 0.416 e. The molecule has 0 N–H and O–H groups in total. The number of urea groups is 1. The van der Waals surface area contributed by atoms with E-state index in [0.29, 0.717) is 49.9 Å². The molecule has 0 spiro atoms. The quantitative estimate of drug-likeness (QED) is 0.212. The fourth-order valence-electron chi connectivity index (χ4n) is 7.33. The molecule has 3 heterocycles. The Morgan fingerprint density at radius 1 is 1.11 bits per heavy atom. The van der Waals surface area contributed by atoms with Crippen molar-refractivity contribution >= 4 is 11.9 Å². The van der Waals surface area contributed by atoms with E-state index in [1.807, 2.05) is 60.0 Å². The maximum atomic E-state index is 14.5. The number of nitrogens with zero attached hydrogens (tertiary/aromatic N) is 5. The molecule has 3 atom stereocenters. The highest BCUT2D eigenvalue weighted by Crippen LogP contribution is 2.50. The van der Waals surface area contributed by atoms with E-state index >= 15 is 0 Å². The van der Waals surface area contributed by atoms with Crippen LogP contribution >= 0.6 is 0 Å². The monoisotopic (exact) mass is 647 g/mol. The molecule has 5 rings (SSSR count). The van der Waals surface area contributed by atoms with Crippen LogP contribution in [0.25, 0.3) is 0 Å². The van der Waals surface area contributed by atoms with Crippen molar-refractivity contribution in [3.63, 3.8) is 0 Å². The molecular formula is C37H44F3N5O2. The summed E-state index contributed by atoms with van der Waals surface area (Å²) in [5, 5.41) is 4.82. The number of benzene rings is 2. The van der Waals surface area contributed by atoms with Crippen LogP contribution < -0.4 is 0 Å². The van der Waals surface area contributed by atoms with Crippen LogP contribution in [-0.4, -0.2) is 62.6 Å². The van der Waals surface area contributed by atoms with E-state index in [0.717, 1.165) is 22.9 Å². The van der Waals surface area contributed by atoms with Crippen LogP contribution in [0.3, 0.4) is 0 Å². The number of carbonyl (C=O) groups excluding carboxylic acids is 2. The number of rotatable bonds is 10. The smallest absolute Gasteiger partial charge is 0.335 e. The Bertz CT molecular complexity index is 1620. The van der Waals surface area contributed by atoms with Crippen LogP contribution in [-0.2, 0) is 23.9 Å². The highest BCUT2D eigenvalue weighted by molar-refractivity contribution is 5.87. The van der Waals surface area contributed by atoms with Gasteiger partial charge >= 0.3 is 12.2 Å². The first kappa shape index (κ1) is 34.0. The van der Waals surface area contributed by atoms with Crippen molar-refractivity contribution in [2.45, 2.75) is 77.3 Å². The van der Waals surface area contributed by atoms with Crippen molar-refractivity contribution in [1.82, 2.24) is 24.5 Å². The molecule has 0 aliphatic carbocycles. The van der Waals surface area contributed by atoms with E-state index in [-0.39, 0.29) is 24.5 Å². The van der Waals surface area contributed by atoms with Crippen LogP contribution in [0.2, 0.25) is 0 Å². The Balaban J connectivity index is 1.54. The van der Waals surface area contributed by atoms with Crippen molar-refractivity contribution in [2.24, 2.45) is 5.41 Å². The van der Waals surface area contributed by atoms with E-state index in [1.54, 1.807) is 37.1 Å². The highest BCUT2D eigenvalue weighted by Gasteiger charge is 2.56. The first-order valence-corrected chi connectivity index (χ1v) is 16.2. The van der Waals surface area contributed by atoms with Gasteiger partial charge < -0.3 is 14.7 Å². The molecule has 0 bridgehead atoms. The number of piperazine rings is 1. The molecule has 7 nitrogen and oxygen atoms in total. The number of allylic oxidation sites excluding steroid dienone is 2. The fourth-order valence-corrected chi connectivity index (χ4v) is 7.33. The normalized spacial score (nSPS) is 19.8. The van der Waals surface area contributed by atoms with Crippen LogP contribution in [0.15, 0.2) is 80.0 Å². The summed E-state index contributed by atoms with van der Waals surface area (Å²) in [6.45, 7) is 14.5. The number of alkyl halides is 3. The summed E-state index contributed by atoms with van der Waals surface area (Å²) in [4.78, 5) is 33.7. The maximum absolute atomic E-state index is 14.5. The number of amides is 3. The molecule has 2 aromatic carbocycles. The van der Waals surface area contributed by atoms with Gasteiger partial charge in [0.25, 0.3) is 0 Å². The first-order valence-electron chi connectivity index (χ1n) is 16.2. The van der Waals surface area contributed by atoms with Crippen molar-refractivity contribution < 1.29 is 22.8 Å². The van der Waals surface area contributed by atoms with Gasteiger partial charge in [0.05, 0.1) is 41.3 Å². The van der Waals surface area contributed by atoms with E-state index in [9.17, 15) is 22.8 Å². The summed E-state index contributed by atoms with van der Waals surface area (Å²) >= 11 is 0. The van der Waals surface area contributed by atoms with Gasteiger partial charge in [-0.05, 0) is 68.4 Å². The number of hydrogen-bond acceptors (Lipinski definition) is 3. The lowest BCUT2D eigenvalue weighted by Crippen LogP contribution is -2.57. The van der Waals surface area contributed by atoms with Crippen LogP contribution in [0.1, 0.15) is 78.7 Å². The Morgan fingerprint density at radius 3 is 2.40 bits per heavy atom. The molecule has 250 valence electrons. The molecule has 0 radical (unpaired) electrons. The Labute approximate surface area is 275 Å². The summed E-state index contributed by atoms with van der Waals surface area (Å²) in [5.41, 5.74) is 2.22. The zero-order valence-corrected chi connectivity index (χ0v) is 27.6. The molecule has 47 heavy (non-hydrogen) atoms. The number of hydrogen-bond donors (Lipinski definition) is 0. The second-order valence-corrected chi connectivity index (χ2v) is 12.9. The number of carbonyl (C=O) groups is 2. The second-order valence-electron chi connectivity index (χ2n) is 12.9. The predicted molar refractivity (Wildman–Crippen MR) is 177 cm³/mol. The molecule has 3 amide bonds. The standard InChI is InChI=1S/C37H44F3N5O2/c1-7-15-36(16-8-2)22-32-33(31-24-43(41-25(31)4)23-28-13-11-10-12-14-28)45(18-17-44(32)34(36)46)35(47)42(6)26(5)29-19-27(9-3)20-30(21-29)37(38,39)40/h7-8,10-14,19-21,24,26,32-33H,1-2,9,15-18,22-23H2,3-6H3/t26-,32+,33+/m1/s1. The summed E-state index contributed by atoms with van der Waals surface area (Å²) in [7, 11) is 1.63. The fraction of sp³-hybridized carbons (Fsp3) is 0.432. The zero-order valence-electron chi connectivity index (χ0n) is 27.6.